The lowest BCUT2D eigenvalue weighted by Crippen LogP contribution is -2.43. The molecule has 0 saturated heterocycles. The Bertz CT molecular complexity index is 518. The van der Waals surface area contributed by atoms with Crippen LogP contribution in [0.4, 0.5) is 0 Å². The highest BCUT2D eigenvalue weighted by Crippen LogP contribution is 2.30. The average Bonchev–Trinajstić information content (AvgIpc) is 2.83. The van der Waals surface area contributed by atoms with Gasteiger partial charge in [-0.05, 0) is 31.0 Å². The van der Waals surface area contributed by atoms with Crippen LogP contribution in [0.3, 0.4) is 0 Å². The summed E-state index contributed by atoms with van der Waals surface area (Å²) in [5, 5.41) is 10.8. The zero-order valence-electron chi connectivity index (χ0n) is 11.9. The Balaban J connectivity index is 1.86. The van der Waals surface area contributed by atoms with Gasteiger partial charge in [-0.2, -0.15) is 0 Å². The molecule has 1 N–H and O–H groups in total. The molecule has 2 rings (SSSR count). The van der Waals surface area contributed by atoms with Crippen LogP contribution in [-0.4, -0.2) is 41.7 Å². The molecule has 1 aliphatic rings. The number of nitrogens with zero attached hydrogens (tertiary/aromatic N) is 1. The smallest absolute Gasteiger partial charge is 0.260 e. The Kier molecular flexibility index (Phi) is 5.52. The number of halogens is 2. The second-order valence-electron chi connectivity index (χ2n) is 5.54. The summed E-state index contributed by atoms with van der Waals surface area (Å²) in [6.07, 6.45) is 3.54. The first-order valence-corrected chi connectivity index (χ1v) is 8.11. The van der Waals surface area contributed by atoms with Gasteiger partial charge < -0.3 is 14.7 Å². The lowest BCUT2D eigenvalue weighted by atomic mass is 10.0. The van der Waals surface area contributed by atoms with Crippen molar-refractivity contribution in [3.05, 3.63) is 27.7 Å². The van der Waals surface area contributed by atoms with Crippen molar-refractivity contribution >= 4 is 33.4 Å². The van der Waals surface area contributed by atoms with Crippen LogP contribution in [0.5, 0.6) is 5.75 Å². The van der Waals surface area contributed by atoms with E-state index in [4.69, 9.17) is 16.3 Å². The maximum absolute atomic E-state index is 12.1. The summed E-state index contributed by atoms with van der Waals surface area (Å²) >= 11 is 9.34. The van der Waals surface area contributed by atoms with Crippen molar-refractivity contribution in [1.29, 1.82) is 0 Å². The summed E-state index contributed by atoms with van der Waals surface area (Å²) in [7, 11) is 1.69. The van der Waals surface area contributed by atoms with Crippen molar-refractivity contribution in [3.8, 4) is 5.75 Å². The Labute approximate surface area is 138 Å². The Hall–Kier alpha value is -0.780. The highest BCUT2D eigenvalue weighted by molar-refractivity contribution is 9.10. The summed E-state index contributed by atoms with van der Waals surface area (Å²) in [6, 6.07) is 5.23. The predicted octanol–water partition coefficient (Wildman–Crippen LogP) is 3.24. The largest absolute Gasteiger partial charge is 0.482 e. The molecule has 4 nitrogen and oxygen atoms in total. The lowest BCUT2D eigenvalue weighted by molar-refractivity contribution is -0.135. The number of hydrogen-bond acceptors (Lipinski definition) is 3. The van der Waals surface area contributed by atoms with E-state index in [0.717, 1.165) is 30.2 Å². The second kappa shape index (κ2) is 6.99. The lowest BCUT2D eigenvalue weighted by Gasteiger charge is -2.28. The molecule has 0 aromatic heterocycles. The Morgan fingerprint density at radius 2 is 2.14 bits per heavy atom. The van der Waals surface area contributed by atoms with Crippen LogP contribution >= 0.6 is 27.5 Å². The first-order valence-electron chi connectivity index (χ1n) is 6.94. The summed E-state index contributed by atoms with van der Waals surface area (Å²) in [5.41, 5.74) is -0.736. The van der Waals surface area contributed by atoms with Gasteiger partial charge in [0, 0.05) is 18.1 Å². The third-order valence-corrected chi connectivity index (χ3v) is 4.53. The maximum atomic E-state index is 12.1. The summed E-state index contributed by atoms with van der Waals surface area (Å²) in [4.78, 5) is 13.6. The number of benzene rings is 1. The molecule has 0 unspecified atom stereocenters. The van der Waals surface area contributed by atoms with E-state index in [-0.39, 0.29) is 12.5 Å². The van der Waals surface area contributed by atoms with Gasteiger partial charge in [0.1, 0.15) is 5.75 Å². The van der Waals surface area contributed by atoms with Gasteiger partial charge in [0.25, 0.3) is 5.91 Å². The molecule has 0 spiro atoms. The summed E-state index contributed by atoms with van der Waals surface area (Å²) in [6.45, 7) is 0.261. The molecule has 0 bridgehead atoms. The van der Waals surface area contributed by atoms with E-state index in [0.29, 0.717) is 17.3 Å². The van der Waals surface area contributed by atoms with Crippen LogP contribution in [0.1, 0.15) is 25.7 Å². The molecule has 0 heterocycles. The molecule has 1 aliphatic carbocycles. The molecule has 21 heavy (non-hydrogen) atoms. The minimum Gasteiger partial charge on any atom is -0.482 e. The fraction of sp³-hybridized carbons (Fsp3) is 0.533. The molecule has 1 fully saturated rings. The first kappa shape index (κ1) is 16.6. The van der Waals surface area contributed by atoms with E-state index >= 15 is 0 Å². The van der Waals surface area contributed by atoms with E-state index < -0.39 is 5.60 Å². The summed E-state index contributed by atoms with van der Waals surface area (Å²) < 4.78 is 6.30. The molecular weight excluding hydrogens is 358 g/mol. The molecule has 0 atom stereocenters. The van der Waals surface area contributed by atoms with E-state index in [2.05, 4.69) is 15.9 Å². The average molecular weight is 377 g/mol. The Morgan fingerprint density at radius 3 is 2.76 bits per heavy atom. The van der Waals surface area contributed by atoms with E-state index in [9.17, 15) is 9.90 Å². The third-order valence-electron chi connectivity index (χ3n) is 3.74. The quantitative estimate of drug-likeness (QED) is 0.858. The highest BCUT2D eigenvalue weighted by atomic mass is 79.9. The number of carbonyl (C=O) groups excluding carboxylic acids is 1. The van der Waals surface area contributed by atoms with Gasteiger partial charge in [-0.3, -0.25) is 4.79 Å². The second-order valence-corrected chi connectivity index (χ2v) is 6.87. The normalized spacial score (nSPS) is 16.8. The molecule has 1 aromatic rings. The van der Waals surface area contributed by atoms with Crippen LogP contribution < -0.4 is 4.74 Å². The fourth-order valence-electron chi connectivity index (χ4n) is 2.56. The standard InChI is InChI=1S/C15H19BrClNO3/c1-18(10-15(20)6-2-3-7-15)14(19)9-21-13-5-4-11(16)8-12(13)17/h4-5,8,20H,2-3,6-7,9-10H2,1H3. The van der Waals surface area contributed by atoms with E-state index in [1.165, 1.54) is 4.90 Å². The van der Waals surface area contributed by atoms with Crippen LogP contribution in [-0.2, 0) is 4.79 Å². The first-order chi connectivity index (χ1) is 9.89. The zero-order valence-corrected chi connectivity index (χ0v) is 14.3. The molecule has 0 radical (unpaired) electrons. The van der Waals surface area contributed by atoms with Crippen molar-refractivity contribution in [2.24, 2.45) is 0 Å². The molecule has 6 heteroatoms. The summed E-state index contributed by atoms with van der Waals surface area (Å²) in [5.74, 6) is 0.301. The topological polar surface area (TPSA) is 49.8 Å². The third kappa shape index (κ3) is 4.59. The van der Waals surface area contributed by atoms with Gasteiger partial charge in [0.15, 0.2) is 6.61 Å². The van der Waals surface area contributed by atoms with E-state index in [1.54, 1.807) is 25.2 Å². The van der Waals surface area contributed by atoms with Gasteiger partial charge in [0.05, 0.1) is 10.6 Å². The molecule has 116 valence electrons. The number of hydrogen-bond donors (Lipinski definition) is 1. The van der Waals surface area contributed by atoms with E-state index in [1.807, 2.05) is 0 Å². The number of ether oxygens (including phenoxy) is 1. The number of aliphatic hydroxyl groups is 1. The van der Waals surface area contributed by atoms with Crippen molar-refractivity contribution in [2.75, 3.05) is 20.2 Å². The number of likely N-dealkylation sites (N-methyl/N-ethyl adjacent to an activating group) is 1. The number of carbonyl (C=O) groups is 1. The maximum Gasteiger partial charge on any atom is 0.260 e. The van der Waals surface area contributed by atoms with Crippen LogP contribution in [0, 0.1) is 0 Å². The van der Waals surface area contributed by atoms with Crippen LogP contribution in [0.2, 0.25) is 5.02 Å². The van der Waals surface area contributed by atoms with Crippen molar-refractivity contribution in [1.82, 2.24) is 4.90 Å². The van der Waals surface area contributed by atoms with Crippen molar-refractivity contribution < 1.29 is 14.6 Å². The van der Waals surface area contributed by atoms with Crippen molar-refractivity contribution in [2.45, 2.75) is 31.3 Å². The molecule has 0 aliphatic heterocycles. The SMILES string of the molecule is CN(CC1(O)CCCC1)C(=O)COc1ccc(Br)cc1Cl. The zero-order chi connectivity index (χ0) is 15.5. The minimum absolute atomic E-state index is 0.0894. The van der Waals surface area contributed by atoms with Gasteiger partial charge in [-0.1, -0.05) is 40.4 Å². The van der Waals surface area contributed by atoms with Crippen LogP contribution in [0.25, 0.3) is 0 Å². The highest BCUT2D eigenvalue weighted by Gasteiger charge is 2.33. The Morgan fingerprint density at radius 1 is 1.48 bits per heavy atom. The number of rotatable bonds is 5. The number of amides is 1. The fourth-order valence-corrected chi connectivity index (χ4v) is 3.29. The molecule has 1 saturated carbocycles. The van der Waals surface area contributed by atoms with Crippen LogP contribution in [0.15, 0.2) is 22.7 Å². The van der Waals surface area contributed by atoms with Gasteiger partial charge in [-0.15, -0.1) is 0 Å². The minimum atomic E-state index is -0.736. The molecular formula is C15H19BrClNO3. The van der Waals surface area contributed by atoms with Gasteiger partial charge in [0.2, 0.25) is 0 Å². The molecule has 1 amide bonds. The monoisotopic (exact) mass is 375 g/mol. The predicted molar refractivity (Wildman–Crippen MR) is 85.7 cm³/mol. The molecule has 1 aromatic carbocycles. The van der Waals surface area contributed by atoms with Crippen molar-refractivity contribution in [3.63, 3.8) is 0 Å². The van der Waals surface area contributed by atoms with Gasteiger partial charge in [-0.25, -0.2) is 0 Å². The van der Waals surface area contributed by atoms with Gasteiger partial charge >= 0.3 is 0 Å².